The first-order valence-corrected chi connectivity index (χ1v) is 11.3. The van der Waals surface area contributed by atoms with E-state index in [1.807, 2.05) is 0 Å². The van der Waals surface area contributed by atoms with Crippen molar-refractivity contribution < 1.29 is 38.7 Å². The van der Waals surface area contributed by atoms with Crippen LogP contribution >= 0.6 is 0 Å². The fraction of sp³-hybridized carbons (Fsp3) is 0.909. The van der Waals surface area contributed by atoms with Gasteiger partial charge in [0.05, 0.1) is 28.8 Å². The van der Waals surface area contributed by atoms with Gasteiger partial charge in [-0.2, -0.15) is 0 Å². The minimum atomic E-state index is -0.993. The molecule has 4 heterocycles. The van der Waals surface area contributed by atoms with Gasteiger partial charge in [-0.25, -0.2) is 0 Å². The van der Waals surface area contributed by atoms with Crippen LogP contribution < -0.4 is 0 Å². The van der Waals surface area contributed by atoms with E-state index >= 15 is 0 Å². The highest BCUT2D eigenvalue weighted by atomic mass is 16.7. The van der Waals surface area contributed by atoms with E-state index in [4.69, 9.17) is 24.1 Å². The molecule has 0 radical (unpaired) electrons. The molecule has 166 valence electrons. The summed E-state index contributed by atoms with van der Waals surface area (Å²) in [4.78, 5) is 23.9. The third-order valence-corrected chi connectivity index (χ3v) is 9.05. The summed E-state index contributed by atoms with van der Waals surface area (Å²) in [5, 5.41) is 19.6. The molecule has 10 unspecified atom stereocenters. The lowest BCUT2D eigenvalue weighted by Gasteiger charge is -2.39. The van der Waals surface area contributed by atoms with Gasteiger partial charge < -0.3 is 29.2 Å². The maximum atomic E-state index is 12.8. The fourth-order valence-electron chi connectivity index (χ4n) is 6.84. The first-order chi connectivity index (χ1) is 14.2. The lowest BCUT2D eigenvalue weighted by atomic mass is 9.62. The minimum absolute atomic E-state index is 0.0151. The second-order valence-electron chi connectivity index (χ2n) is 10.8. The molecule has 8 heteroatoms. The van der Waals surface area contributed by atoms with Crippen LogP contribution in [-0.4, -0.2) is 70.0 Å². The molecule has 8 nitrogen and oxygen atoms in total. The molecule has 6 fully saturated rings. The molecule has 10 atom stereocenters. The normalized spacial score (nSPS) is 53.3. The van der Waals surface area contributed by atoms with Gasteiger partial charge in [0.2, 0.25) is 0 Å². The van der Waals surface area contributed by atoms with Gasteiger partial charge in [-0.3, -0.25) is 9.59 Å². The average Bonchev–Trinajstić information content (AvgIpc) is 3.47. The summed E-state index contributed by atoms with van der Waals surface area (Å²) in [6.07, 6.45) is 4.21. The topological polar surface area (TPSA) is 125 Å². The molecular weight excluding hydrogens is 392 g/mol. The molecular formula is C22H30O8. The molecule has 2 saturated carbocycles. The van der Waals surface area contributed by atoms with Crippen LogP contribution in [0.5, 0.6) is 0 Å². The Morgan fingerprint density at radius 2 is 1.43 bits per heavy atom. The smallest absolute Gasteiger partial charge is 0.309 e. The van der Waals surface area contributed by atoms with Crippen LogP contribution in [0.4, 0.5) is 0 Å². The van der Waals surface area contributed by atoms with Gasteiger partial charge in [0.25, 0.3) is 0 Å². The zero-order chi connectivity index (χ0) is 21.1. The van der Waals surface area contributed by atoms with Crippen LogP contribution in [0.25, 0.3) is 0 Å². The number of carbonyl (C=O) groups is 2. The molecule has 4 aliphatic heterocycles. The molecule has 2 N–H and O–H groups in total. The highest BCUT2D eigenvalue weighted by Gasteiger charge is 2.74. The van der Waals surface area contributed by atoms with Crippen molar-refractivity contribution in [2.45, 2.75) is 107 Å². The van der Waals surface area contributed by atoms with Crippen molar-refractivity contribution in [3.63, 3.8) is 0 Å². The third-order valence-electron chi connectivity index (χ3n) is 9.05. The van der Waals surface area contributed by atoms with Crippen LogP contribution in [0.1, 0.15) is 58.8 Å². The predicted molar refractivity (Wildman–Crippen MR) is 101 cm³/mol. The number of hydrogen-bond donors (Lipinski definition) is 2. The summed E-state index contributed by atoms with van der Waals surface area (Å²) in [6.45, 7) is 4.16. The molecule has 2 aliphatic carbocycles. The Morgan fingerprint density at radius 3 is 1.87 bits per heavy atom. The Bertz CT molecular complexity index is 752. The van der Waals surface area contributed by atoms with Crippen LogP contribution in [0.3, 0.4) is 0 Å². The van der Waals surface area contributed by atoms with E-state index < -0.39 is 17.4 Å². The first kappa shape index (κ1) is 19.5. The van der Waals surface area contributed by atoms with Crippen LogP contribution in [0.2, 0.25) is 0 Å². The number of ether oxygens (including phenoxy) is 4. The second kappa shape index (κ2) is 5.97. The van der Waals surface area contributed by atoms with E-state index in [1.165, 1.54) is 0 Å². The molecule has 4 saturated heterocycles. The number of carboxylic acid groups (broad SMARTS) is 2. The molecule has 6 aliphatic rings. The Hall–Kier alpha value is -1.22. The average molecular weight is 422 g/mol. The number of hydrogen-bond acceptors (Lipinski definition) is 6. The van der Waals surface area contributed by atoms with Crippen molar-refractivity contribution in [3.05, 3.63) is 0 Å². The van der Waals surface area contributed by atoms with Crippen LogP contribution in [0, 0.1) is 17.3 Å². The Kier molecular flexibility index (Phi) is 3.87. The standard InChI is InChI=1S/C22H30O8/c1-20-10(6-12-15(27-12)17(20)29-20)8-22(19(25)26,5-3-4-14(23)24)9-11-7-13-16(28-13)18-21(11,2)30-18/h10-13,15-18H,3-9H2,1-2H3,(H,23,24)(H,25,26). The van der Waals surface area contributed by atoms with Crippen LogP contribution in [-0.2, 0) is 28.5 Å². The maximum Gasteiger partial charge on any atom is 0.309 e. The second-order valence-corrected chi connectivity index (χ2v) is 10.8. The number of epoxide rings is 4. The predicted octanol–water partition coefficient (Wildman–Crippen LogP) is 1.98. The van der Waals surface area contributed by atoms with E-state index in [-0.39, 0.29) is 66.1 Å². The number of rotatable bonds is 9. The first-order valence-electron chi connectivity index (χ1n) is 11.3. The van der Waals surface area contributed by atoms with E-state index in [9.17, 15) is 14.7 Å². The number of carboxylic acids is 2. The third kappa shape index (κ3) is 2.80. The molecule has 0 spiro atoms. The monoisotopic (exact) mass is 422 g/mol. The zero-order valence-corrected chi connectivity index (χ0v) is 17.4. The van der Waals surface area contributed by atoms with Gasteiger partial charge in [0, 0.05) is 6.42 Å². The highest BCUT2D eigenvalue weighted by molar-refractivity contribution is 5.75. The molecule has 0 aromatic heterocycles. The van der Waals surface area contributed by atoms with Crippen molar-refractivity contribution in [2.75, 3.05) is 0 Å². The van der Waals surface area contributed by atoms with Crippen molar-refractivity contribution >= 4 is 11.9 Å². The summed E-state index contributed by atoms with van der Waals surface area (Å²) in [5.74, 6) is -1.51. The SMILES string of the molecule is CC12OC1C1OC1CC2CC(CCCC(=O)O)(CC1CC2OC2C2OC12C)C(=O)O. The molecule has 0 aromatic carbocycles. The maximum absolute atomic E-state index is 12.8. The summed E-state index contributed by atoms with van der Waals surface area (Å²) >= 11 is 0. The van der Waals surface area contributed by atoms with E-state index in [1.54, 1.807) is 0 Å². The van der Waals surface area contributed by atoms with E-state index in [2.05, 4.69) is 13.8 Å². The summed E-state index contributed by atoms with van der Waals surface area (Å²) < 4.78 is 23.5. The van der Waals surface area contributed by atoms with Gasteiger partial charge in [-0.15, -0.1) is 0 Å². The zero-order valence-electron chi connectivity index (χ0n) is 17.4. The van der Waals surface area contributed by atoms with Gasteiger partial charge in [-0.1, -0.05) is 0 Å². The fourth-order valence-corrected chi connectivity index (χ4v) is 6.84. The molecule has 0 aromatic rings. The van der Waals surface area contributed by atoms with Gasteiger partial charge >= 0.3 is 11.9 Å². The van der Waals surface area contributed by atoms with Gasteiger partial charge in [0.1, 0.15) is 24.4 Å². The Morgan fingerprint density at radius 1 is 0.933 bits per heavy atom. The van der Waals surface area contributed by atoms with Crippen molar-refractivity contribution in [1.82, 2.24) is 0 Å². The van der Waals surface area contributed by atoms with Gasteiger partial charge in [-0.05, 0) is 64.2 Å². The molecule has 6 rings (SSSR count). The van der Waals surface area contributed by atoms with Crippen molar-refractivity contribution in [1.29, 1.82) is 0 Å². The molecule has 30 heavy (non-hydrogen) atoms. The highest BCUT2D eigenvalue weighted by Crippen LogP contribution is 2.64. The summed E-state index contributed by atoms with van der Waals surface area (Å²) in [5.41, 5.74) is -1.62. The lowest BCUT2D eigenvalue weighted by Crippen LogP contribution is -2.44. The minimum Gasteiger partial charge on any atom is -0.481 e. The number of aliphatic carboxylic acids is 2. The quantitative estimate of drug-likeness (QED) is 0.541. The van der Waals surface area contributed by atoms with Crippen molar-refractivity contribution in [3.8, 4) is 0 Å². The van der Waals surface area contributed by atoms with E-state index in [0.717, 1.165) is 12.8 Å². The number of fused-ring (bicyclic) bond motifs is 6. The molecule has 0 amide bonds. The largest absolute Gasteiger partial charge is 0.481 e. The Balaban J connectivity index is 1.25. The summed E-state index contributed by atoms with van der Waals surface area (Å²) in [7, 11) is 0. The van der Waals surface area contributed by atoms with E-state index in [0.29, 0.717) is 25.7 Å². The van der Waals surface area contributed by atoms with Crippen LogP contribution in [0.15, 0.2) is 0 Å². The van der Waals surface area contributed by atoms with Gasteiger partial charge in [0.15, 0.2) is 0 Å². The summed E-state index contributed by atoms with van der Waals surface area (Å²) in [6, 6.07) is 0. The molecule has 0 bridgehead atoms. The Labute approximate surface area is 175 Å². The van der Waals surface area contributed by atoms with Crippen molar-refractivity contribution in [2.24, 2.45) is 17.3 Å². The lowest BCUT2D eigenvalue weighted by molar-refractivity contribution is -0.154.